The van der Waals surface area contributed by atoms with Crippen molar-refractivity contribution in [3.8, 4) is 29.3 Å². The van der Waals surface area contributed by atoms with E-state index in [1.54, 1.807) is 25.1 Å². The molecule has 1 aromatic carbocycles. The number of benzene rings is 1. The van der Waals surface area contributed by atoms with Gasteiger partial charge in [-0.15, -0.1) is 0 Å². The summed E-state index contributed by atoms with van der Waals surface area (Å²) in [5, 5.41) is 37.0. The van der Waals surface area contributed by atoms with Crippen LogP contribution in [0.2, 0.25) is 0 Å². The number of rotatable bonds is 6. The van der Waals surface area contributed by atoms with Crippen LogP contribution in [0.25, 0.3) is 11.3 Å². The van der Waals surface area contributed by atoms with E-state index in [1.807, 2.05) is 12.1 Å². The van der Waals surface area contributed by atoms with Crippen molar-refractivity contribution in [1.82, 2.24) is 10.3 Å². The lowest BCUT2D eigenvalue weighted by molar-refractivity contribution is -0.730. The van der Waals surface area contributed by atoms with E-state index in [1.165, 1.54) is 20.2 Å². The van der Waals surface area contributed by atoms with Gasteiger partial charge in [0.25, 0.3) is 5.69 Å². The number of hydrogen-bond acceptors (Lipinski definition) is 11. The van der Waals surface area contributed by atoms with Crippen LogP contribution in [0, 0.1) is 22.7 Å². The number of nitrogens with one attached hydrogen (secondary N) is 1. The van der Waals surface area contributed by atoms with E-state index in [4.69, 9.17) is 10.5 Å². The molecule has 0 aliphatic rings. The first kappa shape index (κ1) is 24.0. The molecule has 0 aliphatic heterocycles. The summed E-state index contributed by atoms with van der Waals surface area (Å²) in [6, 6.07) is 10.1. The van der Waals surface area contributed by atoms with Gasteiger partial charge in [-0.25, -0.2) is 9.78 Å². The maximum atomic E-state index is 12.9. The molecule has 0 radical (unpaired) electrons. The van der Waals surface area contributed by atoms with Crippen molar-refractivity contribution in [2.45, 2.75) is 17.2 Å². The van der Waals surface area contributed by atoms with Crippen LogP contribution in [-0.4, -0.2) is 34.5 Å². The fourth-order valence-electron chi connectivity index (χ4n) is 3.03. The first-order valence-electron chi connectivity index (χ1n) is 9.55. The predicted molar refractivity (Wildman–Crippen MR) is 116 cm³/mol. The Hall–Kier alpha value is -4.62. The topological polar surface area (TPSA) is 195 Å². The lowest BCUT2D eigenvalue weighted by Crippen LogP contribution is -2.32. The van der Waals surface area contributed by atoms with Crippen LogP contribution in [0.4, 0.5) is 11.5 Å². The zero-order valence-corrected chi connectivity index (χ0v) is 19.0. The number of esters is 1. The summed E-state index contributed by atoms with van der Waals surface area (Å²) in [6.45, 7) is 1.55. The maximum absolute atomic E-state index is 12.9. The quantitative estimate of drug-likeness (QED) is 0.289. The number of nitrogens with zero attached hydrogens (tertiary/aromatic N) is 5. The highest BCUT2D eigenvalue weighted by atomic mass is 32.2. The number of thioether (sulfide) groups is 1. The van der Waals surface area contributed by atoms with Crippen LogP contribution < -0.4 is 20.8 Å². The summed E-state index contributed by atoms with van der Waals surface area (Å²) in [7, 11) is 2.63. The number of aromatic nitrogens is 3. The van der Waals surface area contributed by atoms with E-state index in [0.717, 1.165) is 16.4 Å². The third kappa shape index (κ3) is 4.46. The van der Waals surface area contributed by atoms with Crippen molar-refractivity contribution in [2.24, 2.45) is 7.05 Å². The monoisotopic (exact) mass is 479 g/mol. The minimum Gasteiger partial charge on any atom is -0.539 e. The van der Waals surface area contributed by atoms with E-state index in [2.05, 4.69) is 20.1 Å². The number of carbonyl (C=O) groups is 2. The smallest absolute Gasteiger partial charge is 0.339 e. The molecule has 2 heterocycles. The standard InChI is InChI=1S/C21H17N7O5S/c1-10(18(29)25-14-7-5-4-6-11(14)20(30)32-3)34-19-13(9-23)15(12(8-22)17(24)26-19)16-21(31)33-27-28(16)2/h4-7,10H,1-3H3,(H3-,24,25,26,27,29,30,31). The molecule has 3 aromatic rings. The summed E-state index contributed by atoms with van der Waals surface area (Å²) in [5.41, 5.74) is 5.77. The maximum Gasteiger partial charge on any atom is 0.339 e. The van der Waals surface area contributed by atoms with Crippen molar-refractivity contribution in [1.29, 1.82) is 10.5 Å². The number of hydrogen-bond donors (Lipinski definition) is 2. The van der Waals surface area contributed by atoms with Crippen LogP contribution in [0.5, 0.6) is 5.95 Å². The molecule has 34 heavy (non-hydrogen) atoms. The Morgan fingerprint density at radius 2 is 1.97 bits per heavy atom. The average molecular weight is 479 g/mol. The molecule has 1 amide bonds. The van der Waals surface area contributed by atoms with Crippen molar-refractivity contribution >= 4 is 35.1 Å². The largest absolute Gasteiger partial charge is 0.539 e. The lowest BCUT2D eigenvalue weighted by Gasteiger charge is -2.15. The third-order valence-corrected chi connectivity index (χ3v) is 5.75. The van der Waals surface area contributed by atoms with Crippen molar-refractivity contribution in [2.75, 3.05) is 18.2 Å². The number of aryl methyl sites for hydroxylation is 1. The molecule has 3 N–H and O–H groups in total. The van der Waals surface area contributed by atoms with Gasteiger partial charge in [-0.3, -0.25) is 4.79 Å². The van der Waals surface area contributed by atoms with E-state index >= 15 is 0 Å². The molecule has 0 aliphatic carbocycles. The highest BCUT2D eigenvalue weighted by Gasteiger charge is 2.30. The summed E-state index contributed by atoms with van der Waals surface area (Å²) in [4.78, 5) is 28.9. The number of nitrogen functional groups attached to an aromatic ring is 1. The van der Waals surface area contributed by atoms with Crippen LogP contribution in [0.15, 0.2) is 33.8 Å². The van der Waals surface area contributed by atoms with E-state index in [9.17, 15) is 25.2 Å². The van der Waals surface area contributed by atoms with Gasteiger partial charge in [-0.05, 0) is 19.1 Å². The van der Waals surface area contributed by atoms with Gasteiger partial charge >= 0.3 is 5.97 Å². The molecule has 0 saturated heterocycles. The highest BCUT2D eigenvalue weighted by molar-refractivity contribution is 8.00. The Balaban J connectivity index is 1.99. The number of nitrogens with two attached hydrogens (primary N) is 1. The molecule has 0 fully saturated rings. The number of ether oxygens (including phenoxy) is 1. The Bertz CT molecular complexity index is 1350. The average Bonchev–Trinajstić information content (AvgIpc) is 3.15. The predicted octanol–water partition coefficient (Wildman–Crippen LogP) is 0.866. The van der Waals surface area contributed by atoms with E-state index < -0.39 is 23.1 Å². The number of methoxy groups -OCH3 is 1. The van der Waals surface area contributed by atoms with E-state index in [0.29, 0.717) is 0 Å². The second-order valence-electron chi connectivity index (χ2n) is 6.77. The van der Waals surface area contributed by atoms with Gasteiger partial charge in [-0.2, -0.15) is 10.5 Å². The summed E-state index contributed by atoms with van der Waals surface area (Å²) in [5.74, 6) is -2.23. The number of amides is 1. The van der Waals surface area contributed by atoms with Gasteiger partial charge < -0.3 is 25.4 Å². The second-order valence-corrected chi connectivity index (χ2v) is 8.10. The normalized spacial score (nSPS) is 11.2. The van der Waals surface area contributed by atoms with Gasteiger partial charge in [0.1, 0.15) is 28.5 Å². The van der Waals surface area contributed by atoms with Crippen molar-refractivity contribution < 1.29 is 28.6 Å². The highest BCUT2D eigenvalue weighted by Crippen LogP contribution is 2.38. The molecule has 172 valence electrons. The Morgan fingerprint density at radius 1 is 1.29 bits per heavy atom. The van der Waals surface area contributed by atoms with Crippen molar-refractivity contribution in [3.63, 3.8) is 0 Å². The Labute approximate surface area is 197 Å². The van der Waals surface area contributed by atoms with Crippen LogP contribution in [0.1, 0.15) is 28.4 Å². The van der Waals surface area contributed by atoms with Crippen LogP contribution >= 0.6 is 11.8 Å². The Kier molecular flexibility index (Phi) is 6.99. The molecule has 0 saturated carbocycles. The summed E-state index contributed by atoms with van der Waals surface area (Å²) >= 11 is 0.885. The molecule has 12 nitrogen and oxygen atoms in total. The number of para-hydroxylation sites is 1. The van der Waals surface area contributed by atoms with Gasteiger partial charge in [0.15, 0.2) is 13.0 Å². The zero-order chi connectivity index (χ0) is 25.0. The van der Waals surface area contributed by atoms with Gasteiger partial charge in [0.05, 0.1) is 40.0 Å². The summed E-state index contributed by atoms with van der Waals surface area (Å²) in [6.07, 6.45) is 0. The first-order chi connectivity index (χ1) is 16.2. The first-order valence-corrected chi connectivity index (χ1v) is 10.4. The molecule has 0 spiro atoms. The van der Waals surface area contributed by atoms with Crippen molar-refractivity contribution in [3.05, 3.63) is 41.0 Å². The van der Waals surface area contributed by atoms with Crippen LogP contribution in [0.3, 0.4) is 0 Å². The number of anilines is 2. The molecule has 13 heteroatoms. The van der Waals surface area contributed by atoms with Gasteiger partial charge in [0.2, 0.25) is 5.91 Å². The van der Waals surface area contributed by atoms with Gasteiger partial charge in [0, 0.05) is 0 Å². The molecule has 1 unspecified atom stereocenters. The minimum atomic E-state index is -0.873. The fraction of sp³-hybridized carbons (Fsp3) is 0.190. The molecule has 0 bridgehead atoms. The molecule has 1 atom stereocenters. The van der Waals surface area contributed by atoms with Crippen LogP contribution in [-0.2, 0) is 16.6 Å². The number of pyridine rings is 1. The molecular weight excluding hydrogens is 462 g/mol. The zero-order valence-electron chi connectivity index (χ0n) is 18.1. The number of nitriles is 2. The molecule has 3 rings (SSSR count). The SMILES string of the molecule is COC(=O)c1ccccc1NC(=O)C(C)Sc1nc(N)c(C#N)c(-c2c([O-])on[n+]2C)c1C#N. The Morgan fingerprint density at radius 3 is 2.56 bits per heavy atom. The fourth-order valence-corrected chi connectivity index (χ4v) is 3.95. The second kappa shape index (κ2) is 9.89. The molecular formula is C21H17N7O5S. The minimum absolute atomic E-state index is 0.0264. The lowest BCUT2D eigenvalue weighted by atomic mass is 10.0. The summed E-state index contributed by atoms with van der Waals surface area (Å²) < 4.78 is 10.4. The molecule has 2 aromatic heterocycles. The number of carbonyl (C=O) groups excluding carboxylic acids is 2. The third-order valence-electron chi connectivity index (χ3n) is 4.66. The van der Waals surface area contributed by atoms with Gasteiger partial charge in [-0.1, -0.05) is 28.6 Å². The van der Waals surface area contributed by atoms with E-state index in [-0.39, 0.29) is 44.5 Å².